The van der Waals surface area contributed by atoms with Crippen LogP contribution in [0.25, 0.3) is 0 Å². The van der Waals surface area contributed by atoms with E-state index in [1.54, 1.807) is 0 Å². The van der Waals surface area contributed by atoms with Gasteiger partial charge in [-0.05, 0) is 18.8 Å². The van der Waals surface area contributed by atoms with Gasteiger partial charge >= 0.3 is 0 Å². The Morgan fingerprint density at radius 3 is 1.64 bits per heavy atom. The summed E-state index contributed by atoms with van der Waals surface area (Å²) < 4.78 is 0. The van der Waals surface area contributed by atoms with Crippen LogP contribution in [-0.2, 0) is 0 Å². The van der Waals surface area contributed by atoms with Crippen LogP contribution in [0.4, 0.5) is 0 Å². The molecule has 28 heavy (non-hydrogen) atoms. The highest BCUT2D eigenvalue weighted by atomic mass is 14.2. The van der Waals surface area contributed by atoms with Crippen molar-refractivity contribution in [2.45, 2.75) is 162 Å². The molecule has 0 spiro atoms. The van der Waals surface area contributed by atoms with Crippen LogP contribution in [-0.4, -0.2) is 0 Å². The summed E-state index contributed by atoms with van der Waals surface area (Å²) in [6.07, 6.45) is 35.4. The Morgan fingerprint density at radius 1 is 0.607 bits per heavy atom. The summed E-state index contributed by atoms with van der Waals surface area (Å²) in [4.78, 5) is 0. The second-order valence-corrected chi connectivity index (χ2v) is 9.23. The minimum atomic E-state index is 0.971. The smallest absolute Gasteiger partial charge is 0.0355 e. The minimum absolute atomic E-state index is 0.971. The van der Waals surface area contributed by atoms with E-state index in [9.17, 15) is 0 Å². The van der Waals surface area contributed by atoms with Crippen molar-refractivity contribution in [2.24, 2.45) is 5.92 Å². The fourth-order valence-corrected chi connectivity index (χ4v) is 4.31. The first-order chi connectivity index (χ1) is 13.8. The highest BCUT2D eigenvalue weighted by molar-refractivity contribution is 4.79. The summed E-state index contributed by atoms with van der Waals surface area (Å²) in [5.41, 5.74) is 0. The Kier molecular flexibility index (Phi) is 25.0. The third-order valence-corrected chi connectivity index (χ3v) is 6.31. The van der Waals surface area contributed by atoms with Crippen molar-refractivity contribution < 1.29 is 0 Å². The van der Waals surface area contributed by atoms with E-state index in [-0.39, 0.29) is 0 Å². The van der Waals surface area contributed by atoms with E-state index in [4.69, 9.17) is 0 Å². The lowest BCUT2D eigenvalue weighted by molar-refractivity contribution is 0.468. The molecule has 1 unspecified atom stereocenters. The van der Waals surface area contributed by atoms with Gasteiger partial charge in [0.1, 0.15) is 0 Å². The van der Waals surface area contributed by atoms with Crippen LogP contribution in [0.2, 0.25) is 0 Å². The van der Waals surface area contributed by atoms with Gasteiger partial charge in [-0.2, -0.15) is 0 Å². The first-order valence-corrected chi connectivity index (χ1v) is 13.5. The number of unbranched alkanes of at least 4 members (excludes halogenated alkanes) is 15. The number of hydrogen-bond donors (Lipinski definition) is 0. The van der Waals surface area contributed by atoms with Crippen molar-refractivity contribution in [1.82, 2.24) is 0 Å². The maximum absolute atomic E-state index is 3.86. The van der Waals surface area contributed by atoms with E-state index in [2.05, 4.69) is 27.2 Å². The summed E-state index contributed by atoms with van der Waals surface area (Å²) in [5, 5.41) is 0. The zero-order chi connectivity index (χ0) is 20.5. The standard InChI is InChI=1S/C14H27.C14H29/c1-2-3-4-5-8-11-14-12-9-6-7-10-13-14;1-3-5-7-9-11-13-14-12-10-8-6-4-2/h12,14H,2-11,13H2,1H3;1,3-14H2,2H3. The second-order valence-electron chi connectivity index (χ2n) is 9.23. The molecule has 0 saturated heterocycles. The van der Waals surface area contributed by atoms with Crippen molar-refractivity contribution in [3.8, 4) is 0 Å². The monoisotopic (exact) mass is 392 g/mol. The van der Waals surface area contributed by atoms with Gasteiger partial charge in [0.2, 0.25) is 0 Å². The van der Waals surface area contributed by atoms with Gasteiger partial charge in [-0.3, -0.25) is 0 Å². The third-order valence-electron chi connectivity index (χ3n) is 6.31. The Morgan fingerprint density at radius 2 is 1.11 bits per heavy atom. The predicted octanol–water partition coefficient (Wildman–Crippen LogP) is 10.7. The zero-order valence-electron chi connectivity index (χ0n) is 20.1. The van der Waals surface area contributed by atoms with E-state index < -0.39 is 0 Å². The van der Waals surface area contributed by atoms with Crippen molar-refractivity contribution in [2.75, 3.05) is 0 Å². The molecular formula is C28H56. The maximum Gasteiger partial charge on any atom is -0.0355 e. The first kappa shape index (κ1) is 28.0. The Labute approximate surface area is 181 Å². The lowest BCUT2D eigenvalue weighted by atomic mass is 9.93. The summed E-state index contributed by atoms with van der Waals surface area (Å²) in [7, 11) is 0. The van der Waals surface area contributed by atoms with Crippen molar-refractivity contribution in [1.29, 1.82) is 0 Å². The molecule has 2 radical (unpaired) electrons. The summed E-state index contributed by atoms with van der Waals surface area (Å²) >= 11 is 0. The lowest BCUT2D eigenvalue weighted by Crippen LogP contribution is -1.99. The number of hydrogen-bond acceptors (Lipinski definition) is 0. The molecule has 0 heteroatoms. The minimum Gasteiger partial charge on any atom is -0.0654 e. The predicted molar refractivity (Wildman–Crippen MR) is 131 cm³/mol. The van der Waals surface area contributed by atoms with Crippen molar-refractivity contribution >= 4 is 0 Å². The van der Waals surface area contributed by atoms with E-state index in [0.29, 0.717) is 0 Å². The molecule has 0 heterocycles. The van der Waals surface area contributed by atoms with E-state index in [0.717, 1.165) is 12.3 Å². The normalized spacial score (nSPS) is 15.1. The second kappa shape index (κ2) is 25.0. The fourth-order valence-electron chi connectivity index (χ4n) is 4.31. The van der Waals surface area contributed by atoms with Crippen molar-refractivity contribution in [3.05, 3.63) is 13.3 Å². The molecule has 1 rings (SSSR count). The SMILES string of the molecule is CCCCCCCC1[CH]CCCCC1.[CH2]CCCCCCCCCCCCC. The van der Waals surface area contributed by atoms with Gasteiger partial charge in [-0.25, -0.2) is 0 Å². The van der Waals surface area contributed by atoms with Gasteiger partial charge in [0.05, 0.1) is 0 Å². The molecule has 0 bridgehead atoms. The largest absolute Gasteiger partial charge is 0.0654 e. The van der Waals surface area contributed by atoms with Crippen LogP contribution in [0.1, 0.15) is 162 Å². The first-order valence-electron chi connectivity index (χ1n) is 13.5. The Bertz CT molecular complexity index is 237. The van der Waals surface area contributed by atoms with Crippen LogP contribution in [0, 0.1) is 19.3 Å². The van der Waals surface area contributed by atoms with Gasteiger partial charge in [0.25, 0.3) is 0 Å². The average molecular weight is 393 g/mol. The third kappa shape index (κ3) is 22.3. The molecule has 1 saturated carbocycles. The molecule has 1 fully saturated rings. The Hall–Kier alpha value is 0. The summed E-state index contributed by atoms with van der Waals surface area (Å²) in [6.45, 7) is 8.43. The van der Waals surface area contributed by atoms with Gasteiger partial charge in [0, 0.05) is 0 Å². The Balaban J connectivity index is 0.000000521. The van der Waals surface area contributed by atoms with Gasteiger partial charge in [-0.1, -0.05) is 162 Å². The van der Waals surface area contributed by atoms with Crippen LogP contribution < -0.4 is 0 Å². The average Bonchev–Trinajstić information content (AvgIpc) is 2.99. The van der Waals surface area contributed by atoms with Crippen LogP contribution in [0.5, 0.6) is 0 Å². The van der Waals surface area contributed by atoms with E-state index in [1.165, 1.54) is 141 Å². The molecule has 0 amide bonds. The molecular weight excluding hydrogens is 336 g/mol. The quantitative estimate of drug-likeness (QED) is 0.170. The molecule has 0 aromatic heterocycles. The van der Waals surface area contributed by atoms with Crippen LogP contribution in [0.3, 0.4) is 0 Å². The van der Waals surface area contributed by atoms with E-state index in [1.807, 2.05) is 0 Å². The lowest BCUT2D eigenvalue weighted by Gasteiger charge is -2.12. The molecule has 1 atom stereocenters. The fraction of sp³-hybridized carbons (Fsp3) is 0.929. The molecule has 0 nitrogen and oxygen atoms in total. The van der Waals surface area contributed by atoms with Gasteiger partial charge in [-0.15, -0.1) is 0 Å². The highest BCUT2D eigenvalue weighted by Gasteiger charge is 2.11. The van der Waals surface area contributed by atoms with Gasteiger partial charge in [0.15, 0.2) is 0 Å². The number of rotatable bonds is 17. The topological polar surface area (TPSA) is 0 Å². The maximum atomic E-state index is 3.86. The van der Waals surface area contributed by atoms with E-state index >= 15 is 0 Å². The van der Waals surface area contributed by atoms with Gasteiger partial charge < -0.3 is 0 Å². The molecule has 168 valence electrons. The van der Waals surface area contributed by atoms with Crippen LogP contribution >= 0.6 is 0 Å². The molecule has 0 aromatic carbocycles. The molecule has 0 aliphatic heterocycles. The summed E-state index contributed by atoms with van der Waals surface area (Å²) in [6, 6.07) is 0. The summed E-state index contributed by atoms with van der Waals surface area (Å²) in [5.74, 6) is 0.971. The molecule has 1 aliphatic rings. The van der Waals surface area contributed by atoms with Crippen molar-refractivity contribution in [3.63, 3.8) is 0 Å². The highest BCUT2D eigenvalue weighted by Crippen LogP contribution is 2.26. The molecule has 0 aromatic rings. The molecule has 1 aliphatic carbocycles. The molecule has 0 N–H and O–H groups in total. The van der Waals surface area contributed by atoms with Crippen LogP contribution in [0.15, 0.2) is 0 Å². The zero-order valence-corrected chi connectivity index (χ0v) is 20.1.